The topological polar surface area (TPSA) is 144 Å². The van der Waals surface area contributed by atoms with E-state index >= 15 is 0 Å². The molecular weight excluding hydrogens is 474 g/mol. The number of nitrogens with one attached hydrogen (secondary N) is 3. The molecule has 10 nitrogen and oxygen atoms in total. The van der Waals surface area contributed by atoms with E-state index < -0.39 is 23.6 Å². The van der Waals surface area contributed by atoms with Gasteiger partial charge in [-0.1, -0.05) is 24.3 Å². The van der Waals surface area contributed by atoms with Gasteiger partial charge in [-0.05, 0) is 61.9 Å². The Morgan fingerprint density at radius 2 is 1.78 bits per heavy atom. The van der Waals surface area contributed by atoms with Crippen molar-refractivity contribution in [3.8, 4) is 6.07 Å². The number of anilines is 1. The predicted molar refractivity (Wildman–Crippen MR) is 138 cm³/mol. The zero-order valence-corrected chi connectivity index (χ0v) is 21.3. The van der Waals surface area contributed by atoms with Crippen molar-refractivity contribution in [3.63, 3.8) is 0 Å². The largest absolute Gasteiger partial charge is 0.468 e. The van der Waals surface area contributed by atoms with E-state index in [0.717, 1.165) is 18.4 Å². The van der Waals surface area contributed by atoms with Gasteiger partial charge in [-0.25, -0.2) is 4.79 Å². The van der Waals surface area contributed by atoms with Gasteiger partial charge in [0.15, 0.2) is 0 Å². The van der Waals surface area contributed by atoms with Gasteiger partial charge in [-0.15, -0.1) is 0 Å². The fourth-order valence-corrected chi connectivity index (χ4v) is 4.34. The second-order valence-electron chi connectivity index (χ2n) is 9.21. The number of amides is 3. The molecule has 0 radical (unpaired) electrons. The van der Waals surface area contributed by atoms with E-state index in [0.29, 0.717) is 35.8 Å². The third-order valence-electron chi connectivity index (χ3n) is 6.72. The van der Waals surface area contributed by atoms with Gasteiger partial charge in [0, 0.05) is 24.3 Å². The average Bonchev–Trinajstić information content (AvgIpc) is 2.91. The Balaban J connectivity index is 1.58. The summed E-state index contributed by atoms with van der Waals surface area (Å²) in [5, 5.41) is 28.0. The monoisotopic (exact) mass is 507 g/mol. The Morgan fingerprint density at radius 1 is 1.11 bits per heavy atom. The zero-order chi connectivity index (χ0) is 27.0. The van der Waals surface area contributed by atoms with E-state index in [4.69, 9.17) is 5.26 Å². The number of carbonyl (C=O) groups excluding carboxylic acids is 3. The highest BCUT2D eigenvalue weighted by molar-refractivity contribution is 5.93. The number of ether oxygens (including phenoxy) is 1. The Kier molecular flexibility index (Phi) is 9.22. The Labute approximate surface area is 216 Å². The lowest BCUT2D eigenvalue weighted by Crippen LogP contribution is -2.47. The normalized spacial score (nSPS) is 15.6. The van der Waals surface area contributed by atoms with E-state index in [2.05, 4.69) is 26.8 Å². The van der Waals surface area contributed by atoms with Crippen LogP contribution in [-0.2, 0) is 20.1 Å². The summed E-state index contributed by atoms with van der Waals surface area (Å²) in [7, 11) is 1.22. The minimum Gasteiger partial charge on any atom is -0.468 e. The minimum absolute atomic E-state index is 0.278. The van der Waals surface area contributed by atoms with Crippen molar-refractivity contribution in [1.82, 2.24) is 15.5 Å². The minimum atomic E-state index is -1.25. The summed E-state index contributed by atoms with van der Waals surface area (Å²) in [4.78, 5) is 37.2. The molecule has 196 valence electrons. The molecule has 1 saturated heterocycles. The summed E-state index contributed by atoms with van der Waals surface area (Å²) in [6.07, 6.45) is 1.75. The van der Waals surface area contributed by atoms with Crippen molar-refractivity contribution >= 4 is 23.6 Å². The van der Waals surface area contributed by atoms with Crippen LogP contribution in [0.25, 0.3) is 0 Å². The van der Waals surface area contributed by atoms with Crippen molar-refractivity contribution in [1.29, 1.82) is 5.26 Å². The molecule has 37 heavy (non-hydrogen) atoms. The van der Waals surface area contributed by atoms with E-state index in [1.165, 1.54) is 12.7 Å². The molecule has 10 heteroatoms. The molecular formula is C27H33N5O5. The number of hydrogen-bond acceptors (Lipinski definition) is 7. The van der Waals surface area contributed by atoms with Crippen LogP contribution in [0.1, 0.15) is 47.9 Å². The summed E-state index contributed by atoms with van der Waals surface area (Å²) < 4.78 is 4.45. The molecule has 3 rings (SSSR count). The van der Waals surface area contributed by atoms with E-state index in [9.17, 15) is 19.5 Å². The van der Waals surface area contributed by atoms with E-state index in [-0.39, 0.29) is 13.1 Å². The second kappa shape index (κ2) is 12.3. The quantitative estimate of drug-likeness (QED) is 0.402. The number of rotatable bonds is 8. The molecule has 0 spiro atoms. The summed E-state index contributed by atoms with van der Waals surface area (Å²) in [6.45, 7) is 4.37. The molecule has 1 aliphatic rings. The number of likely N-dealkylation sites (tertiary alicyclic amines) is 1. The Hall–Kier alpha value is -3.94. The van der Waals surface area contributed by atoms with Crippen LogP contribution in [0, 0.1) is 18.3 Å². The molecule has 4 N–H and O–H groups in total. The smallest absolute Gasteiger partial charge is 0.325 e. The van der Waals surface area contributed by atoms with Crippen LogP contribution in [0.15, 0.2) is 42.5 Å². The first-order chi connectivity index (χ1) is 17.6. The molecule has 2 aromatic rings. The van der Waals surface area contributed by atoms with Crippen LogP contribution in [0.5, 0.6) is 0 Å². The van der Waals surface area contributed by atoms with Gasteiger partial charge in [0.1, 0.15) is 12.3 Å². The zero-order valence-electron chi connectivity index (χ0n) is 21.3. The van der Waals surface area contributed by atoms with Crippen LogP contribution in [0.2, 0.25) is 0 Å². The van der Waals surface area contributed by atoms with Crippen LogP contribution < -0.4 is 16.0 Å². The van der Waals surface area contributed by atoms with E-state index in [1.807, 2.05) is 48.2 Å². The Bertz CT molecular complexity index is 1160. The van der Waals surface area contributed by atoms with Gasteiger partial charge in [0.25, 0.3) is 0 Å². The van der Waals surface area contributed by atoms with Crippen molar-refractivity contribution in [2.24, 2.45) is 0 Å². The highest BCUT2D eigenvalue weighted by Gasteiger charge is 2.34. The molecule has 0 saturated carbocycles. The maximum Gasteiger partial charge on any atom is 0.325 e. The van der Waals surface area contributed by atoms with Gasteiger partial charge in [0.2, 0.25) is 5.91 Å². The summed E-state index contributed by atoms with van der Waals surface area (Å²) in [5.74, 6) is -0.752. The van der Waals surface area contributed by atoms with Gasteiger partial charge in [-0.2, -0.15) is 5.26 Å². The van der Waals surface area contributed by atoms with Crippen molar-refractivity contribution in [3.05, 3.63) is 64.7 Å². The van der Waals surface area contributed by atoms with Crippen molar-refractivity contribution in [2.45, 2.75) is 38.3 Å². The second-order valence-corrected chi connectivity index (χ2v) is 9.21. The van der Waals surface area contributed by atoms with Crippen molar-refractivity contribution in [2.75, 3.05) is 38.6 Å². The predicted octanol–water partition coefficient (Wildman–Crippen LogP) is 2.32. The summed E-state index contributed by atoms with van der Waals surface area (Å²) in [5.41, 5.74) is 2.54. The molecule has 0 bridgehead atoms. The van der Waals surface area contributed by atoms with Gasteiger partial charge in [-0.3, -0.25) is 14.5 Å². The highest BCUT2D eigenvalue weighted by Crippen LogP contribution is 2.35. The van der Waals surface area contributed by atoms with Gasteiger partial charge >= 0.3 is 12.0 Å². The van der Waals surface area contributed by atoms with Crippen LogP contribution >= 0.6 is 0 Å². The van der Waals surface area contributed by atoms with Gasteiger partial charge in [0.05, 0.1) is 25.3 Å². The number of esters is 1. The lowest BCUT2D eigenvalue weighted by Gasteiger charge is -2.42. The number of nitriles is 1. The van der Waals surface area contributed by atoms with Gasteiger partial charge < -0.3 is 25.8 Å². The SMILES string of the molecule is COC(=O)CNC(=O)CNC(=O)Nc1cc(C(C)(O)N2CCC(c3ccc(C#N)cc3)CC2)ccc1C. The molecule has 2 aromatic carbocycles. The van der Waals surface area contributed by atoms with Crippen molar-refractivity contribution < 1.29 is 24.2 Å². The number of piperidine rings is 1. The standard InChI is InChI=1S/C27H33N5O5/c1-18-4-9-22(14-23(18)31-26(35)30-16-24(33)29-17-25(34)37-3)27(2,36)32-12-10-21(11-13-32)20-7-5-19(15-28)6-8-20/h4-9,14,21,36H,10-13,16-17H2,1-3H3,(H,29,33)(H2,30,31,35). The van der Waals surface area contributed by atoms with E-state index in [1.54, 1.807) is 13.0 Å². The summed E-state index contributed by atoms with van der Waals surface area (Å²) in [6, 6.07) is 14.6. The fourth-order valence-electron chi connectivity index (χ4n) is 4.34. The molecule has 1 aliphatic heterocycles. The highest BCUT2D eigenvalue weighted by atomic mass is 16.5. The fraction of sp³-hybridized carbons (Fsp3) is 0.407. The first-order valence-electron chi connectivity index (χ1n) is 12.1. The molecule has 0 aliphatic carbocycles. The number of benzene rings is 2. The number of aliphatic hydroxyl groups is 1. The number of nitrogens with zero attached hydrogens (tertiary/aromatic N) is 2. The molecule has 0 aromatic heterocycles. The lowest BCUT2D eigenvalue weighted by molar-refractivity contribution is -0.141. The maximum atomic E-state index is 12.4. The first-order valence-corrected chi connectivity index (χ1v) is 12.1. The number of methoxy groups -OCH3 is 1. The Morgan fingerprint density at radius 3 is 2.41 bits per heavy atom. The number of urea groups is 1. The third-order valence-corrected chi connectivity index (χ3v) is 6.72. The third kappa shape index (κ3) is 7.29. The lowest BCUT2D eigenvalue weighted by atomic mass is 9.87. The number of carbonyl (C=O) groups is 3. The molecule has 3 amide bonds. The van der Waals surface area contributed by atoms with Crippen LogP contribution in [-0.4, -0.2) is 61.2 Å². The first kappa shape index (κ1) is 27.6. The van der Waals surface area contributed by atoms with Crippen LogP contribution in [0.3, 0.4) is 0 Å². The number of aryl methyl sites for hydroxylation is 1. The number of hydrogen-bond donors (Lipinski definition) is 4. The van der Waals surface area contributed by atoms with Crippen LogP contribution in [0.4, 0.5) is 10.5 Å². The average molecular weight is 508 g/mol. The molecule has 1 fully saturated rings. The molecule has 1 atom stereocenters. The molecule has 1 unspecified atom stereocenters. The summed E-state index contributed by atoms with van der Waals surface area (Å²) >= 11 is 0. The maximum absolute atomic E-state index is 12.4. The molecule has 1 heterocycles.